The highest BCUT2D eigenvalue weighted by Gasteiger charge is 2.42. The molecule has 3 aromatic heterocycles. The van der Waals surface area contributed by atoms with Gasteiger partial charge in [-0.2, -0.15) is 18.2 Å². The van der Waals surface area contributed by atoms with Crippen LogP contribution in [0.2, 0.25) is 0 Å². The SMILES string of the molecule is Cc1nc(OC2CCC(C(F)(F)F)CC2)nc(-c2c[nH]c3ccc(=O)n(C)c23)c1C. The highest BCUT2D eigenvalue weighted by molar-refractivity contribution is 5.92. The molecule has 0 spiro atoms. The Hall–Kier alpha value is -2.84. The van der Waals surface area contributed by atoms with Gasteiger partial charge in [-0.05, 0) is 51.2 Å². The van der Waals surface area contributed by atoms with E-state index >= 15 is 0 Å². The van der Waals surface area contributed by atoms with Gasteiger partial charge in [0.2, 0.25) is 0 Å². The lowest BCUT2D eigenvalue weighted by Crippen LogP contribution is -2.32. The Morgan fingerprint density at radius 3 is 2.50 bits per heavy atom. The van der Waals surface area contributed by atoms with Crippen LogP contribution < -0.4 is 10.3 Å². The van der Waals surface area contributed by atoms with Crippen molar-refractivity contribution in [1.82, 2.24) is 19.5 Å². The molecule has 0 radical (unpaired) electrons. The Balaban J connectivity index is 1.65. The highest BCUT2D eigenvalue weighted by atomic mass is 19.4. The minimum atomic E-state index is -4.15. The van der Waals surface area contributed by atoms with Crippen LogP contribution in [0.15, 0.2) is 23.1 Å². The Morgan fingerprint density at radius 2 is 1.83 bits per heavy atom. The van der Waals surface area contributed by atoms with Crippen LogP contribution in [0.5, 0.6) is 6.01 Å². The molecule has 6 nitrogen and oxygen atoms in total. The zero-order valence-corrected chi connectivity index (χ0v) is 17.0. The van der Waals surface area contributed by atoms with Gasteiger partial charge in [0.15, 0.2) is 0 Å². The van der Waals surface area contributed by atoms with Gasteiger partial charge in [0.25, 0.3) is 5.56 Å². The second-order valence-corrected chi connectivity index (χ2v) is 7.89. The molecule has 0 saturated heterocycles. The molecule has 0 amide bonds. The van der Waals surface area contributed by atoms with Crippen LogP contribution in [0, 0.1) is 19.8 Å². The summed E-state index contributed by atoms with van der Waals surface area (Å²) in [5, 5.41) is 0. The number of pyridine rings is 1. The minimum absolute atomic E-state index is 0.0520. The fourth-order valence-electron chi connectivity index (χ4n) is 4.05. The third kappa shape index (κ3) is 3.68. The first kappa shape index (κ1) is 20.4. The van der Waals surface area contributed by atoms with Crippen molar-refractivity contribution in [3.8, 4) is 17.3 Å². The van der Waals surface area contributed by atoms with Crippen molar-refractivity contribution in [2.45, 2.75) is 51.8 Å². The van der Waals surface area contributed by atoms with E-state index in [4.69, 9.17) is 4.74 Å². The summed E-state index contributed by atoms with van der Waals surface area (Å²) < 4.78 is 46.1. The van der Waals surface area contributed by atoms with Crippen molar-refractivity contribution in [1.29, 1.82) is 0 Å². The lowest BCUT2D eigenvalue weighted by Gasteiger charge is -2.29. The van der Waals surface area contributed by atoms with Gasteiger partial charge in [-0.25, -0.2) is 4.98 Å². The van der Waals surface area contributed by atoms with Crippen molar-refractivity contribution < 1.29 is 17.9 Å². The molecule has 1 aliphatic rings. The Labute approximate surface area is 171 Å². The van der Waals surface area contributed by atoms with Gasteiger partial charge in [-0.3, -0.25) is 4.79 Å². The molecule has 1 fully saturated rings. The predicted octanol–water partition coefficient (Wildman–Crippen LogP) is 4.44. The number of aryl methyl sites for hydroxylation is 2. The van der Waals surface area contributed by atoms with Crippen LogP contribution in [-0.4, -0.2) is 31.8 Å². The topological polar surface area (TPSA) is 72.8 Å². The summed E-state index contributed by atoms with van der Waals surface area (Å²) in [5.41, 5.74) is 4.34. The van der Waals surface area contributed by atoms with E-state index in [1.165, 1.54) is 6.07 Å². The summed E-state index contributed by atoms with van der Waals surface area (Å²) in [6.07, 6.45) is -1.97. The molecule has 1 aliphatic carbocycles. The van der Waals surface area contributed by atoms with Crippen LogP contribution in [0.3, 0.4) is 0 Å². The number of alkyl halides is 3. The molecule has 1 N–H and O–H groups in total. The van der Waals surface area contributed by atoms with E-state index in [1.807, 2.05) is 13.8 Å². The highest BCUT2D eigenvalue weighted by Crippen LogP contribution is 2.38. The molecule has 4 rings (SSSR count). The van der Waals surface area contributed by atoms with Crippen molar-refractivity contribution in [3.63, 3.8) is 0 Å². The van der Waals surface area contributed by atoms with E-state index in [9.17, 15) is 18.0 Å². The summed E-state index contributed by atoms with van der Waals surface area (Å²) in [6, 6.07) is 3.37. The fraction of sp³-hybridized carbons (Fsp3) is 0.476. The molecule has 0 bridgehead atoms. The van der Waals surface area contributed by atoms with Gasteiger partial charge in [0.05, 0.1) is 22.6 Å². The minimum Gasteiger partial charge on any atom is -0.460 e. The van der Waals surface area contributed by atoms with Crippen LogP contribution in [0.1, 0.15) is 36.9 Å². The molecule has 9 heteroatoms. The molecule has 0 aliphatic heterocycles. The zero-order valence-electron chi connectivity index (χ0n) is 17.0. The summed E-state index contributed by atoms with van der Waals surface area (Å²) in [4.78, 5) is 24.2. The molecule has 0 unspecified atom stereocenters. The average Bonchev–Trinajstić information content (AvgIpc) is 3.12. The maximum Gasteiger partial charge on any atom is 0.391 e. The number of rotatable bonds is 3. The van der Waals surface area contributed by atoms with Crippen LogP contribution >= 0.6 is 0 Å². The van der Waals surface area contributed by atoms with Crippen LogP contribution in [-0.2, 0) is 7.05 Å². The molecule has 3 aromatic rings. The first-order valence-corrected chi connectivity index (χ1v) is 9.91. The van der Waals surface area contributed by atoms with Gasteiger partial charge < -0.3 is 14.3 Å². The number of fused-ring (bicyclic) bond motifs is 1. The molecule has 3 heterocycles. The molecule has 160 valence electrons. The van der Waals surface area contributed by atoms with Gasteiger partial charge in [0.1, 0.15) is 6.10 Å². The standard InChI is InChI=1S/C21H23F3N4O2/c1-11-12(2)26-20(30-14-6-4-13(5-7-14)21(22,23)24)27-18(11)15-10-25-16-8-9-17(29)28(3)19(15)16/h8-10,13-14,25H,4-7H2,1-3H3. The molecule has 0 atom stereocenters. The van der Waals surface area contributed by atoms with E-state index in [-0.39, 0.29) is 30.5 Å². The summed E-state index contributed by atoms with van der Waals surface area (Å²) in [7, 11) is 1.70. The maximum atomic E-state index is 12.9. The van der Waals surface area contributed by atoms with Crippen molar-refractivity contribution >= 4 is 11.0 Å². The number of hydrogen-bond donors (Lipinski definition) is 1. The number of hydrogen-bond acceptors (Lipinski definition) is 4. The third-order valence-electron chi connectivity index (χ3n) is 5.97. The average molecular weight is 420 g/mol. The second kappa shape index (κ2) is 7.45. The number of aromatic nitrogens is 4. The van der Waals surface area contributed by atoms with E-state index in [0.717, 1.165) is 22.2 Å². The number of aromatic amines is 1. The van der Waals surface area contributed by atoms with Crippen LogP contribution in [0.25, 0.3) is 22.3 Å². The second-order valence-electron chi connectivity index (χ2n) is 7.89. The predicted molar refractivity (Wildman–Crippen MR) is 106 cm³/mol. The smallest absolute Gasteiger partial charge is 0.391 e. The lowest BCUT2D eigenvalue weighted by atomic mass is 9.87. The molecule has 1 saturated carbocycles. The third-order valence-corrected chi connectivity index (χ3v) is 5.97. The summed E-state index contributed by atoms with van der Waals surface area (Å²) in [6.45, 7) is 3.73. The molecular weight excluding hydrogens is 397 g/mol. The largest absolute Gasteiger partial charge is 0.460 e. The summed E-state index contributed by atoms with van der Waals surface area (Å²) >= 11 is 0. The maximum absolute atomic E-state index is 12.9. The first-order chi connectivity index (χ1) is 14.1. The molecule has 30 heavy (non-hydrogen) atoms. The van der Waals surface area contributed by atoms with Gasteiger partial charge >= 0.3 is 12.2 Å². The number of ether oxygens (including phenoxy) is 1. The Bertz CT molecular complexity index is 1140. The van der Waals surface area contributed by atoms with Gasteiger partial charge in [-0.15, -0.1) is 0 Å². The number of nitrogens with zero attached hydrogens (tertiary/aromatic N) is 3. The summed E-state index contributed by atoms with van der Waals surface area (Å²) in [5.74, 6) is -1.26. The Morgan fingerprint density at radius 1 is 1.13 bits per heavy atom. The number of nitrogens with one attached hydrogen (secondary N) is 1. The fourth-order valence-corrected chi connectivity index (χ4v) is 4.05. The normalized spacial score (nSPS) is 19.9. The first-order valence-electron chi connectivity index (χ1n) is 9.91. The molecule has 0 aromatic carbocycles. The van der Waals surface area contributed by atoms with Gasteiger partial charge in [0, 0.05) is 30.6 Å². The molecular formula is C21H23F3N4O2. The quantitative estimate of drug-likeness (QED) is 0.680. The van der Waals surface area contributed by atoms with E-state index < -0.39 is 12.1 Å². The van der Waals surface area contributed by atoms with Crippen molar-refractivity contribution in [2.75, 3.05) is 0 Å². The lowest BCUT2D eigenvalue weighted by molar-refractivity contribution is -0.185. The monoisotopic (exact) mass is 420 g/mol. The van der Waals surface area contributed by atoms with E-state index in [1.54, 1.807) is 23.9 Å². The van der Waals surface area contributed by atoms with Crippen molar-refractivity contribution in [3.05, 3.63) is 39.9 Å². The van der Waals surface area contributed by atoms with E-state index in [2.05, 4.69) is 15.0 Å². The Kier molecular flexibility index (Phi) is 5.07. The van der Waals surface area contributed by atoms with E-state index in [0.29, 0.717) is 24.2 Å². The number of halogens is 3. The zero-order chi connectivity index (χ0) is 21.6. The van der Waals surface area contributed by atoms with Gasteiger partial charge in [-0.1, -0.05) is 0 Å². The van der Waals surface area contributed by atoms with Crippen molar-refractivity contribution in [2.24, 2.45) is 13.0 Å². The van der Waals surface area contributed by atoms with Crippen LogP contribution in [0.4, 0.5) is 13.2 Å². The number of H-pyrrole nitrogens is 1.